The number of halogens is 2. The Morgan fingerprint density at radius 1 is 1.18 bits per heavy atom. The third kappa shape index (κ3) is 2.80. The van der Waals surface area contributed by atoms with E-state index in [1.807, 2.05) is 24.3 Å². The van der Waals surface area contributed by atoms with Crippen LogP contribution in [0.1, 0.15) is 24.0 Å². The van der Waals surface area contributed by atoms with Gasteiger partial charge in [-0.15, -0.1) is 0 Å². The minimum absolute atomic E-state index is 0.0677. The summed E-state index contributed by atoms with van der Waals surface area (Å²) in [5.74, 6) is -0.200. The Balaban J connectivity index is 1.78. The molecule has 0 aromatic heterocycles. The van der Waals surface area contributed by atoms with Crippen molar-refractivity contribution in [1.82, 2.24) is 4.90 Å². The van der Waals surface area contributed by atoms with E-state index >= 15 is 0 Å². The first kappa shape index (κ1) is 15.2. The molecule has 0 bridgehead atoms. The lowest BCUT2D eigenvalue weighted by Gasteiger charge is -2.24. The van der Waals surface area contributed by atoms with Gasteiger partial charge in [0.2, 0.25) is 5.91 Å². The minimum atomic E-state index is -0.416. The smallest absolute Gasteiger partial charge is 0.233 e. The zero-order valence-electron chi connectivity index (χ0n) is 12.4. The van der Waals surface area contributed by atoms with Crippen LogP contribution in [0.5, 0.6) is 0 Å². The monoisotopic (exact) mass is 361 g/mol. The van der Waals surface area contributed by atoms with Gasteiger partial charge in [0.15, 0.2) is 0 Å². The van der Waals surface area contributed by atoms with Crippen LogP contribution in [0.4, 0.5) is 4.39 Å². The molecule has 1 aliphatic carbocycles. The Labute approximate surface area is 138 Å². The summed E-state index contributed by atoms with van der Waals surface area (Å²) in [7, 11) is 1.74. The SMILES string of the molecule is CN(Cc1ccccc1F)C(=O)C1(c2ccc(Br)cc2)CC1. The van der Waals surface area contributed by atoms with Crippen LogP contribution < -0.4 is 0 Å². The summed E-state index contributed by atoms with van der Waals surface area (Å²) in [6, 6.07) is 14.5. The molecule has 0 radical (unpaired) electrons. The van der Waals surface area contributed by atoms with Crippen molar-refractivity contribution in [2.45, 2.75) is 24.8 Å². The lowest BCUT2D eigenvalue weighted by Crippen LogP contribution is -2.36. The molecule has 1 saturated carbocycles. The van der Waals surface area contributed by atoms with Crippen molar-refractivity contribution < 1.29 is 9.18 Å². The molecule has 3 rings (SSSR count). The van der Waals surface area contributed by atoms with Crippen LogP contribution in [-0.2, 0) is 16.8 Å². The maximum Gasteiger partial charge on any atom is 0.233 e. The maximum absolute atomic E-state index is 13.7. The second kappa shape index (κ2) is 5.84. The summed E-state index contributed by atoms with van der Waals surface area (Å²) in [6.07, 6.45) is 1.71. The third-order valence-corrected chi connectivity index (χ3v) is 4.80. The van der Waals surface area contributed by atoms with Crippen LogP contribution in [0.3, 0.4) is 0 Å². The van der Waals surface area contributed by atoms with Crippen molar-refractivity contribution in [2.24, 2.45) is 0 Å². The van der Waals surface area contributed by atoms with Gasteiger partial charge in [-0.3, -0.25) is 4.79 Å². The van der Waals surface area contributed by atoms with Crippen molar-refractivity contribution >= 4 is 21.8 Å². The summed E-state index contributed by atoms with van der Waals surface area (Å²) in [5, 5.41) is 0. The molecule has 1 aliphatic rings. The van der Waals surface area contributed by atoms with Crippen LogP contribution in [0.15, 0.2) is 53.0 Å². The van der Waals surface area contributed by atoms with Crippen molar-refractivity contribution in [1.29, 1.82) is 0 Å². The van der Waals surface area contributed by atoms with Crippen LogP contribution in [-0.4, -0.2) is 17.9 Å². The van der Waals surface area contributed by atoms with Gasteiger partial charge in [0.05, 0.1) is 5.41 Å². The Morgan fingerprint density at radius 2 is 1.82 bits per heavy atom. The molecule has 0 heterocycles. The molecule has 114 valence electrons. The molecular weight excluding hydrogens is 345 g/mol. The van der Waals surface area contributed by atoms with Gasteiger partial charge in [-0.2, -0.15) is 0 Å². The van der Waals surface area contributed by atoms with Crippen molar-refractivity contribution in [3.05, 3.63) is 69.9 Å². The first-order chi connectivity index (χ1) is 10.5. The molecule has 2 nitrogen and oxygen atoms in total. The molecule has 0 saturated heterocycles. The van der Waals surface area contributed by atoms with Gasteiger partial charge in [-0.25, -0.2) is 4.39 Å². The third-order valence-electron chi connectivity index (χ3n) is 4.27. The van der Waals surface area contributed by atoms with Gasteiger partial charge in [0.1, 0.15) is 5.82 Å². The molecule has 0 unspecified atom stereocenters. The standard InChI is InChI=1S/C18H17BrFNO/c1-21(12-13-4-2-3-5-16(13)20)17(22)18(10-11-18)14-6-8-15(19)9-7-14/h2-9H,10-12H2,1H3. The summed E-state index contributed by atoms with van der Waals surface area (Å²) in [5.41, 5.74) is 1.17. The van der Waals surface area contributed by atoms with Gasteiger partial charge in [-0.05, 0) is 36.6 Å². The van der Waals surface area contributed by atoms with E-state index in [-0.39, 0.29) is 11.7 Å². The van der Waals surface area contributed by atoms with Crippen LogP contribution in [0.2, 0.25) is 0 Å². The lowest BCUT2D eigenvalue weighted by molar-refractivity contribution is -0.133. The zero-order chi connectivity index (χ0) is 15.7. The molecule has 0 N–H and O–H groups in total. The van der Waals surface area contributed by atoms with E-state index < -0.39 is 5.41 Å². The zero-order valence-corrected chi connectivity index (χ0v) is 13.9. The van der Waals surface area contributed by atoms with E-state index in [1.54, 1.807) is 30.1 Å². The molecule has 22 heavy (non-hydrogen) atoms. The molecule has 0 aliphatic heterocycles. The molecule has 4 heteroatoms. The number of hydrogen-bond acceptors (Lipinski definition) is 1. The molecule has 2 aromatic rings. The van der Waals surface area contributed by atoms with E-state index in [0.717, 1.165) is 22.9 Å². The Morgan fingerprint density at radius 3 is 2.41 bits per heavy atom. The highest BCUT2D eigenvalue weighted by atomic mass is 79.9. The highest BCUT2D eigenvalue weighted by Crippen LogP contribution is 2.49. The van der Waals surface area contributed by atoms with Crippen LogP contribution >= 0.6 is 15.9 Å². The average Bonchev–Trinajstić information content (AvgIpc) is 3.31. The first-order valence-electron chi connectivity index (χ1n) is 7.28. The number of benzene rings is 2. The van der Waals surface area contributed by atoms with E-state index in [4.69, 9.17) is 0 Å². The predicted octanol–water partition coefficient (Wildman–Crippen LogP) is 4.28. The van der Waals surface area contributed by atoms with Gasteiger partial charge >= 0.3 is 0 Å². The predicted molar refractivity (Wildman–Crippen MR) is 87.9 cm³/mol. The minimum Gasteiger partial charge on any atom is -0.341 e. The van der Waals surface area contributed by atoms with Gasteiger partial charge in [0.25, 0.3) is 0 Å². The van der Waals surface area contributed by atoms with E-state index in [2.05, 4.69) is 15.9 Å². The van der Waals surface area contributed by atoms with Crippen molar-refractivity contribution in [3.63, 3.8) is 0 Å². The fraction of sp³-hybridized carbons (Fsp3) is 0.278. The number of rotatable bonds is 4. The summed E-state index contributed by atoms with van der Waals surface area (Å²) in [6.45, 7) is 0.295. The van der Waals surface area contributed by atoms with Crippen LogP contribution in [0.25, 0.3) is 0 Å². The second-order valence-electron chi connectivity index (χ2n) is 5.84. The van der Waals surface area contributed by atoms with Crippen LogP contribution in [0, 0.1) is 5.82 Å². The van der Waals surface area contributed by atoms with Crippen molar-refractivity contribution in [2.75, 3.05) is 7.05 Å². The fourth-order valence-corrected chi connectivity index (χ4v) is 3.10. The van der Waals surface area contributed by atoms with Gasteiger partial charge in [0, 0.05) is 23.6 Å². The normalized spacial score (nSPS) is 15.4. The van der Waals surface area contributed by atoms with Gasteiger partial charge < -0.3 is 4.90 Å². The highest BCUT2D eigenvalue weighted by Gasteiger charge is 2.52. The Hall–Kier alpha value is -1.68. The molecule has 1 fully saturated rings. The number of carbonyl (C=O) groups excluding carboxylic acids is 1. The largest absolute Gasteiger partial charge is 0.341 e. The summed E-state index contributed by atoms with van der Waals surface area (Å²) in [4.78, 5) is 14.5. The molecule has 1 amide bonds. The molecule has 2 aromatic carbocycles. The fourth-order valence-electron chi connectivity index (χ4n) is 2.84. The number of amides is 1. The molecule has 0 spiro atoms. The number of hydrogen-bond donors (Lipinski definition) is 0. The Kier molecular flexibility index (Phi) is 4.04. The average molecular weight is 362 g/mol. The Bertz CT molecular complexity index is 694. The van der Waals surface area contributed by atoms with Crippen molar-refractivity contribution in [3.8, 4) is 0 Å². The maximum atomic E-state index is 13.7. The number of likely N-dealkylation sites (N-methyl/N-ethyl adjacent to an activating group) is 1. The topological polar surface area (TPSA) is 20.3 Å². The number of carbonyl (C=O) groups is 1. The number of nitrogens with zero attached hydrogens (tertiary/aromatic N) is 1. The summed E-state index contributed by atoms with van der Waals surface area (Å²) < 4.78 is 14.7. The highest BCUT2D eigenvalue weighted by molar-refractivity contribution is 9.10. The van der Waals surface area contributed by atoms with E-state index in [0.29, 0.717) is 12.1 Å². The van der Waals surface area contributed by atoms with E-state index in [1.165, 1.54) is 6.07 Å². The summed E-state index contributed by atoms with van der Waals surface area (Å²) >= 11 is 3.41. The molecular formula is C18H17BrFNO. The van der Waals surface area contributed by atoms with Gasteiger partial charge in [-0.1, -0.05) is 46.3 Å². The first-order valence-corrected chi connectivity index (χ1v) is 8.07. The molecule has 0 atom stereocenters. The quantitative estimate of drug-likeness (QED) is 0.795. The second-order valence-corrected chi connectivity index (χ2v) is 6.76. The lowest BCUT2D eigenvalue weighted by atomic mass is 9.94. The van der Waals surface area contributed by atoms with E-state index in [9.17, 15) is 9.18 Å².